The van der Waals surface area contributed by atoms with Crippen molar-refractivity contribution in [3.8, 4) is 0 Å². The lowest BCUT2D eigenvalue weighted by Crippen LogP contribution is -2.42. The lowest BCUT2D eigenvalue weighted by Gasteiger charge is -2.16. The van der Waals surface area contributed by atoms with Crippen LogP contribution in [0, 0.1) is 0 Å². The van der Waals surface area contributed by atoms with Gasteiger partial charge in [0.05, 0.1) is 0 Å². The number of hydrogen-bond acceptors (Lipinski definition) is 2. The first kappa shape index (κ1) is 17.1. The average molecular weight is 369 g/mol. The van der Waals surface area contributed by atoms with Gasteiger partial charge in [0.15, 0.2) is 5.96 Å². The Morgan fingerprint density at radius 1 is 1.35 bits per heavy atom. The van der Waals surface area contributed by atoms with Crippen LogP contribution < -0.4 is 10.6 Å². The van der Waals surface area contributed by atoms with Crippen LogP contribution >= 0.6 is 35.7 Å². The van der Waals surface area contributed by atoms with E-state index in [-0.39, 0.29) is 24.0 Å². The van der Waals surface area contributed by atoms with Gasteiger partial charge in [0.25, 0.3) is 0 Å². The first-order chi connectivity index (χ1) is 7.86. The Hall–Kier alpha value is 0.0900. The van der Waals surface area contributed by atoms with Crippen LogP contribution in [-0.4, -0.2) is 37.6 Å². The quantitative estimate of drug-likeness (QED) is 0.249. The molecule has 0 radical (unpaired) electrons. The van der Waals surface area contributed by atoms with Gasteiger partial charge in [-0.05, 0) is 37.7 Å². The molecule has 0 heterocycles. The molecule has 1 aliphatic carbocycles. The highest BCUT2D eigenvalue weighted by atomic mass is 127. The Morgan fingerprint density at radius 3 is 2.65 bits per heavy atom. The standard InChI is InChI=1S/C12H23N3S.HI/c1-13-12(14-9-5-6-10-16-2)15-11-7-3-4-8-11;/h3-4,11H,5-10H2,1-2H3,(H2,13,14,15);1H. The second-order valence-electron chi connectivity index (χ2n) is 3.98. The van der Waals surface area contributed by atoms with Gasteiger partial charge in [-0.3, -0.25) is 4.99 Å². The number of guanidine groups is 1. The van der Waals surface area contributed by atoms with Crippen LogP contribution in [-0.2, 0) is 0 Å². The molecule has 0 aromatic rings. The third-order valence-corrected chi connectivity index (χ3v) is 3.34. The predicted molar refractivity (Wildman–Crippen MR) is 89.7 cm³/mol. The van der Waals surface area contributed by atoms with E-state index < -0.39 is 0 Å². The monoisotopic (exact) mass is 369 g/mol. The Morgan fingerprint density at radius 2 is 2.06 bits per heavy atom. The number of hydrogen-bond donors (Lipinski definition) is 2. The number of halogens is 1. The molecular formula is C12H24IN3S. The summed E-state index contributed by atoms with van der Waals surface area (Å²) in [6.07, 6.45) is 11.3. The molecule has 0 atom stereocenters. The smallest absolute Gasteiger partial charge is 0.191 e. The maximum absolute atomic E-state index is 4.23. The van der Waals surface area contributed by atoms with Gasteiger partial charge in [0, 0.05) is 19.6 Å². The van der Waals surface area contributed by atoms with Gasteiger partial charge in [-0.1, -0.05) is 12.2 Å². The zero-order chi connectivity index (χ0) is 11.6. The molecule has 0 bridgehead atoms. The lowest BCUT2D eigenvalue weighted by molar-refractivity contribution is 0.628. The summed E-state index contributed by atoms with van der Waals surface area (Å²) in [5.41, 5.74) is 0. The normalized spacial score (nSPS) is 15.8. The maximum atomic E-state index is 4.23. The van der Waals surface area contributed by atoms with Crippen LogP contribution in [0.15, 0.2) is 17.1 Å². The zero-order valence-electron chi connectivity index (χ0n) is 10.7. The molecule has 0 fully saturated rings. The van der Waals surface area contributed by atoms with Gasteiger partial charge < -0.3 is 10.6 Å². The summed E-state index contributed by atoms with van der Waals surface area (Å²) in [7, 11) is 1.83. The molecule has 0 amide bonds. The molecule has 0 spiro atoms. The van der Waals surface area contributed by atoms with E-state index in [0.717, 1.165) is 25.3 Å². The first-order valence-electron chi connectivity index (χ1n) is 5.98. The van der Waals surface area contributed by atoms with Crippen LogP contribution in [0.1, 0.15) is 25.7 Å². The van der Waals surface area contributed by atoms with Crippen LogP contribution in [0.5, 0.6) is 0 Å². The third kappa shape index (κ3) is 7.91. The van der Waals surface area contributed by atoms with Gasteiger partial charge in [-0.25, -0.2) is 0 Å². The molecule has 5 heteroatoms. The molecule has 100 valence electrons. The minimum absolute atomic E-state index is 0. The number of unbranched alkanes of at least 4 members (excludes halogenated alkanes) is 1. The van der Waals surface area contributed by atoms with E-state index in [0.29, 0.717) is 6.04 Å². The Balaban J connectivity index is 0.00000256. The van der Waals surface area contributed by atoms with E-state index in [4.69, 9.17) is 0 Å². The Labute approximate surface area is 126 Å². The first-order valence-corrected chi connectivity index (χ1v) is 7.37. The van der Waals surface area contributed by atoms with E-state index in [1.54, 1.807) is 0 Å². The highest BCUT2D eigenvalue weighted by molar-refractivity contribution is 14.0. The van der Waals surface area contributed by atoms with Crippen molar-refractivity contribution in [2.75, 3.05) is 25.6 Å². The minimum atomic E-state index is 0. The van der Waals surface area contributed by atoms with Crippen LogP contribution in [0.4, 0.5) is 0 Å². The van der Waals surface area contributed by atoms with Gasteiger partial charge in [-0.2, -0.15) is 11.8 Å². The summed E-state index contributed by atoms with van der Waals surface area (Å²) in [4.78, 5) is 4.23. The molecule has 0 aliphatic heterocycles. The molecule has 1 rings (SSSR count). The van der Waals surface area contributed by atoms with Crippen molar-refractivity contribution in [3.63, 3.8) is 0 Å². The van der Waals surface area contributed by atoms with Crippen molar-refractivity contribution in [1.29, 1.82) is 0 Å². The van der Waals surface area contributed by atoms with Crippen LogP contribution in [0.25, 0.3) is 0 Å². The Bertz CT molecular complexity index is 236. The average Bonchev–Trinajstić information content (AvgIpc) is 2.80. The molecule has 0 aromatic heterocycles. The molecule has 0 unspecified atom stereocenters. The molecule has 2 N–H and O–H groups in total. The molecule has 0 saturated carbocycles. The van der Waals surface area contributed by atoms with E-state index in [1.807, 2.05) is 18.8 Å². The summed E-state index contributed by atoms with van der Waals surface area (Å²) in [5, 5.41) is 6.78. The van der Waals surface area contributed by atoms with Crippen molar-refractivity contribution in [2.45, 2.75) is 31.7 Å². The van der Waals surface area contributed by atoms with E-state index >= 15 is 0 Å². The lowest BCUT2D eigenvalue weighted by atomic mass is 10.2. The van der Waals surface area contributed by atoms with Crippen molar-refractivity contribution in [2.24, 2.45) is 4.99 Å². The van der Waals surface area contributed by atoms with Crippen LogP contribution in [0.2, 0.25) is 0 Å². The van der Waals surface area contributed by atoms with Gasteiger partial charge in [-0.15, -0.1) is 24.0 Å². The fourth-order valence-corrected chi connectivity index (χ4v) is 2.19. The summed E-state index contributed by atoms with van der Waals surface area (Å²) >= 11 is 1.91. The van der Waals surface area contributed by atoms with Crippen LogP contribution in [0.3, 0.4) is 0 Å². The third-order valence-electron chi connectivity index (χ3n) is 2.64. The van der Waals surface area contributed by atoms with E-state index in [9.17, 15) is 0 Å². The summed E-state index contributed by atoms with van der Waals surface area (Å²) in [6, 6.07) is 0.539. The number of nitrogens with one attached hydrogen (secondary N) is 2. The number of aliphatic imine (C=N–C) groups is 1. The zero-order valence-corrected chi connectivity index (χ0v) is 13.9. The number of nitrogens with zero attached hydrogens (tertiary/aromatic N) is 1. The van der Waals surface area contributed by atoms with Crippen molar-refractivity contribution in [1.82, 2.24) is 10.6 Å². The SMILES string of the molecule is CN=C(NCCCCSC)NC1CC=CC1.I. The predicted octanol–water partition coefficient (Wildman–Crippen LogP) is 2.63. The van der Waals surface area contributed by atoms with Crippen molar-refractivity contribution < 1.29 is 0 Å². The van der Waals surface area contributed by atoms with Crippen molar-refractivity contribution in [3.05, 3.63) is 12.2 Å². The summed E-state index contributed by atoms with van der Waals surface area (Å²) in [6.45, 7) is 1.01. The summed E-state index contributed by atoms with van der Waals surface area (Å²) < 4.78 is 0. The largest absolute Gasteiger partial charge is 0.356 e. The Kier molecular flexibility index (Phi) is 11.3. The van der Waals surface area contributed by atoms with Gasteiger partial charge in [0.2, 0.25) is 0 Å². The highest BCUT2D eigenvalue weighted by Gasteiger charge is 2.10. The number of rotatable bonds is 6. The van der Waals surface area contributed by atoms with Crippen molar-refractivity contribution >= 4 is 41.7 Å². The summed E-state index contributed by atoms with van der Waals surface area (Å²) in [5.74, 6) is 2.19. The fraction of sp³-hybridized carbons (Fsp3) is 0.750. The van der Waals surface area contributed by atoms with Gasteiger partial charge >= 0.3 is 0 Å². The second kappa shape index (κ2) is 11.2. The maximum Gasteiger partial charge on any atom is 0.191 e. The molecular weight excluding hydrogens is 345 g/mol. The molecule has 0 aromatic carbocycles. The van der Waals surface area contributed by atoms with E-state index in [1.165, 1.54) is 18.6 Å². The second-order valence-corrected chi connectivity index (χ2v) is 4.97. The fourth-order valence-electron chi connectivity index (χ4n) is 1.70. The topological polar surface area (TPSA) is 36.4 Å². The molecule has 1 aliphatic rings. The molecule has 3 nitrogen and oxygen atoms in total. The number of thioether (sulfide) groups is 1. The molecule has 0 saturated heterocycles. The van der Waals surface area contributed by atoms with E-state index in [2.05, 4.69) is 34.0 Å². The highest BCUT2D eigenvalue weighted by Crippen LogP contribution is 2.08. The minimum Gasteiger partial charge on any atom is -0.356 e. The molecule has 17 heavy (non-hydrogen) atoms. The van der Waals surface area contributed by atoms with Gasteiger partial charge in [0.1, 0.15) is 0 Å².